The number of hydrogen-bond acceptors (Lipinski definition) is 5. The zero-order chi connectivity index (χ0) is 20.5. The third-order valence-corrected chi connectivity index (χ3v) is 4.17. The van der Waals surface area contributed by atoms with Crippen molar-refractivity contribution in [2.75, 3.05) is 5.43 Å². The molecule has 0 aliphatic heterocycles. The van der Waals surface area contributed by atoms with E-state index in [1.54, 1.807) is 6.92 Å². The molecule has 146 valence electrons. The molecule has 1 aromatic carbocycles. The Morgan fingerprint density at radius 1 is 1.11 bits per heavy atom. The minimum atomic E-state index is -4.45. The van der Waals surface area contributed by atoms with Crippen molar-refractivity contribution in [3.8, 4) is 5.69 Å². The van der Waals surface area contributed by atoms with Crippen molar-refractivity contribution in [1.29, 1.82) is 0 Å². The van der Waals surface area contributed by atoms with Crippen LogP contribution < -0.4 is 5.43 Å². The van der Waals surface area contributed by atoms with Gasteiger partial charge in [-0.15, -0.1) is 0 Å². The zero-order valence-corrected chi connectivity index (χ0v) is 16.0. The van der Waals surface area contributed by atoms with Gasteiger partial charge in [0.15, 0.2) is 0 Å². The van der Waals surface area contributed by atoms with E-state index in [0.717, 1.165) is 23.5 Å². The lowest BCUT2D eigenvalue weighted by atomic mass is 10.2. The SMILES string of the molecule is Cc1cc(C)nc(N/N=C\c2c(C)nn(-c3cccc(C(F)(F)F)c3)c2Cl)n1. The number of aromatic nitrogens is 4. The predicted octanol–water partition coefficient (Wildman–Crippen LogP) is 4.71. The first-order chi connectivity index (χ1) is 13.1. The third kappa shape index (κ3) is 4.30. The summed E-state index contributed by atoms with van der Waals surface area (Å²) in [4.78, 5) is 8.40. The van der Waals surface area contributed by atoms with Crippen molar-refractivity contribution in [2.24, 2.45) is 5.10 Å². The second-order valence-corrected chi connectivity index (χ2v) is 6.45. The molecule has 6 nitrogen and oxygen atoms in total. The molecule has 0 atom stereocenters. The normalized spacial score (nSPS) is 12.0. The maximum absolute atomic E-state index is 12.9. The van der Waals surface area contributed by atoms with Crippen molar-refractivity contribution < 1.29 is 13.2 Å². The molecular formula is C18H16ClF3N6. The van der Waals surface area contributed by atoms with Crippen molar-refractivity contribution >= 4 is 23.8 Å². The Morgan fingerprint density at radius 3 is 2.43 bits per heavy atom. The number of alkyl halides is 3. The van der Waals surface area contributed by atoms with E-state index in [4.69, 9.17) is 11.6 Å². The highest BCUT2D eigenvalue weighted by molar-refractivity contribution is 6.32. The van der Waals surface area contributed by atoms with Crippen LogP contribution in [0.3, 0.4) is 0 Å². The number of nitrogens with zero attached hydrogens (tertiary/aromatic N) is 5. The fraction of sp³-hybridized carbons (Fsp3) is 0.222. The molecule has 1 N–H and O–H groups in total. The number of benzene rings is 1. The van der Waals surface area contributed by atoms with E-state index in [2.05, 4.69) is 25.6 Å². The maximum atomic E-state index is 12.9. The van der Waals surface area contributed by atoms with Gasteiger partial charge in [-0.3, -0.25) is 0 Å². The van der Waals surface area contributed by atoms with Gasteiger partial charge in [-0.2, -0.15) is 23.4 Å². The van der Waals surface area contributed by atoms with E-state index in [1.165, 1.54) is 23.0 Å². The summed E-state index contributed by atoms with van der Waals surface area (Å²) in [7, 11) is 0. The Labute approximate surface area is 164 Å². The predicted molar refractivity (Wildman–Crippen MR) is 101 cm³/mol. The Kier molecular flexibility index (Phi) is 5.37. The average Bonchev–Trinajstić information content (AvgIpc) is 2.88. The highest BCUT2D eigenvalue weighted by Crippen LogP contribution is 2.31. The van der Waals surface area contributed by atoms with Crippen molar-refractivity contribution in [3.05, 3.63) is 63.7 Å². The Bertz CT molecular complexity index is 1020. The number of hydrazone groups is 1. The summed E-state index contributed by atoms with van der Waals surface area (Å²) in [6.45, 7) is 5.36. The zero-order valence-electron chi connectivity index (χ0n) is 15.2. The summed E-state index contributed by atoms with van der Waals surface area (Å²) in [6, 6.07) is 6.61. The molecule has 0 radical (unpaired) electrons. The summed E-state index contributed by atoms with van der Waals surface area (Å²) in [5.41, 5.74) is 4.69. The van der Waals surface area contributed by atoms with Gasteiger partial charge in [0.1, 0.15) is 5.15 Å². The van der Waals surface area contributed by atoms with Gasteiger partial charge in [0, 0.05) is 11.4 Å². The fourth-order valence-corrected chi connectivity index (χ4v) is 2.89. The highest BCUT2D eigenvalue weighted by Gasteiger charge is 2.30. The fourth-order valence-electron chi connectivity index (χ4n) is 2.57. The van der Waals surface area contributed by atoms with Gasteiger partial charge in [-0.1, -0.05) is 17.7 Å². The van der Waals surface area contributed by atoms with Gasteiger partial charge in [-0.05, 0) is 45.0 Å². The second kappa shape index (κ2) is 7.59. The minimum Gasteiger partial charge on any atom is -0.245 e. The maximum Gasteiger partial charge on any atom is 0.416 e. The first kappa shape index (κ1) is 19.8. The first-order valence-electron chi connectivity index (χ1n) is 8.19. The molecule has 0 fully saturated rings. The molecule has 0 spiro atoms. The largest absolute Gasteiger partial charge is 0.416 e. The molecule has 2 heterocycles. The van der Waals surface area contributed by atoms with Gasteiger partial charge in [-0.25, -0.2) is 20.1 Å². The molecule has 10 heteroatoms. The number of rotatable bonds is 4. The van der Waals surface area contributed by atoms with Crippen LogP contribution in [0.15, 0.2) is 35.4 Å². The topological polar surface area (TPSA) is 68.0 Å². The Hall–Kier alpha value is -2.94. The van der Waals surface area contributed by atoms with E-state index in [1.807, 2.05) is 19.9 Å². The molecule has 0 saturated carbocycles. The van der Waals surface area contributed by atoms with Crippen LogP contribution in [0.1, 0.15) is 28.2 Å². The lowest BCUT2D eigenvalue weighted by Crippen LogP contribution is -2.06. The summed E-state index contributed by atoms with van der Waals surface area (Å²) < 4.78 is 40.1. The lowest BCUT2D eigenvalue weighted by molar-refractivity contribution is -0.137. The summed E-state index contributed by atoms with van der Waals surface area (Å²) in [5, 5.41) is 8.43. The van der Waals surface area contributed by atoms with E-state index >= 15 is 0 Å². The summed E-state index contributed by atoms with van der Waals surface area (Å²) in [5.74, 6) is 0.327. The first-order valence-corrected chi connectivity index (χ1v) is 8.57. The molecule has 0 amide bonds. The standard InChI is InChI=1S/C18H16ClF3N6/c1-10-7-11(2)25-17(24-10)26-23-9-15-12(3)27-28(16(15)19)14-6-4-5-13(8-14)18(20,21)22/h4-9H,1-3H3,(H,24,25,26)/b23-9-. The van der Waals surface area contributed by atoms with Crippen LogP contribution in [0.25, 0.3) is 5.69 Å². The lowest BCUT2D eigenvalue weighted by Gasteiger charge is -2.09. The van der Waals surface area contributed by atoms with E-state index in [-0.39, 0.29) is 10.8 Å². The van der Waals surface area contributed by atoms with Crippen molar-refractivity contribution in [3.63, 3.8) is 0 Å². The molecule has 0 bridgehead atoms. The van der Waals surface area contributed by atoms with E-state index < -0.39 is 11.7 Å². The van der Waals surface area contributed by atoms with Crippen molar-refractivity contribution in [2.45, 2.75) is 26.9 Å². The van der Waals surface area contributed by atoms with Crippen molar-refractivity contribution in [1.82, 2.24) is 19.7 Å². The van der Waals surface area contributed by atoms with Crippen LogP contribution >= 0.6 is 11.6 Å². The molecule has 0 aliphatic rings. The van der Waals surface area contributed by atoms with Gasteiger partial charge < -0.3 is 0 Å². The highest BCUT2D eigenvalue weighted by atomic mass is 35.5. The molecular weight excluding hydrogens is 393 g/mol. The average molecular weight is 409 g/mol. The quantitative estimate of drug-likeness (QED) is 0.501. The van der Waals surface area contributed by atoms with Crippen LogP contribution in [0.2, 0.25) is 5.15 Å². The molecule has 3 aromatic rings. The smallest absolute Gasteiger partial charge is 0.245 e. The van der Waals surface area contributed by atoms with Gasteiger partial charge in [0.25, 0.3) is 0 Å². The van der Waals surface area contributed by atoms with Crippen LogP contribution in [-0.4, -0.2) is 26.0 Å². The monoisotopic (exact) mass is 408 g/mol. The third-order valence-electron chi connectivity index (χ3n) is 3.81. The summed E-state index contributed by atoms with van der Waals surface area (Å²) >= 11 is 6.33. The summed E-state index contributed by atoms with van der Waals surface area (Å²) in [6.07, 6.45) is -3.03. The molecule has 2 aromatic heterocycles. The molecule has 28 heavy (non-hydrogen) atoms. The molecule has 3 rings (SSSR count). The molecule has 0 saturated heterocycles. The Balaban J connectivity index is 1.88. The van der Waals surface area contributed by atoms with Gasteiger partial charge in [0.2, 0.25) is 5.95 Å². The molecule has 0 aliphatic carbocycles. The molecule has 0 unspecified atom stereocenters. The Morgan fingerprint density at radius 2 is 1.79 bits per heavy atom. The number of aryl methyl sites for hydroxylation is 3. The second-order valence-electron chi connectivity index (χ2n) is 6.09. The number of hydrogen-bond donors (Lipinski definition) is 1. The minimum absolute atomic E-state index is 0.142. The van der Waals surface area contributed by atoms with Crippen LogP contribution in [0, 0.1) is 20.8 Å². The van der Waals surface area contributed by atoms with Crippen LogP contribution in [0.5, 0.6) is 0 Å². The van der Waals surface area contributed by atoms with Gasteiger partial charge in [0.05, 0.1) is 28.7 Å². The van der Waals surface area contributed by atoms with Crippen LogP contribution in [-0.2, 0) is 6.18 Å². The van der Waals surface area contributed by atoms with Gasteiger partial charge >= 0.3 is 6.18 Å². The number of anilines is 1. The van der Waals surface area contributed by atoms with Crippen LogP contribution in [0.4, 0.5) is 19.1 Å². The van der Waals surface area contributed by atoms with E-state index in [0.29, 0.717) is 17.2 Å². The number of halogens is 4. The van der Waals surface area contributed by atoms with E-state index in [9.17, 15) is 13.2 Å². The number of nitrogens with one attached hydrogen (secondary N) is 1.